The third-order valence-corrected chi connectivity index (χ3v) is 4.15. The van der Waals surface area contributed by atoms with Gasteiger partial charge in [0.15, 0.2) is 0 Å². The molecule has 140 valence electrons. The van der Waals surface area contributed by atoms with Gasteiger partial charge in [0.25, 0.3) is 0 Å². The Hall–Kier alpha value is -1.22. The van der Waals surface area contributed by atoms with Gasteiger partial charge in [0.2, 0.25) is 0 Å². The van der Waals surface area contributed by atoms with E-state index >= 15 is 0 Å². The maximum Gasteiger partial charge on any atom is 0.304 e. The van der Waals surface area contributed by atoms with Crippen LogP contribution in [-0.4, -0.2) is 97.4 Å². The number of carboxylic acid groups (broad SMARTS) is 2. The first-order valence-electron chi connectivity index (χ1n) is 8.87. The zero-order valence-corrected chi connectivity index (χ0v) is 14.5. The minimum absolute atomic E-state index is 0.145. The second-order valence-corrected chi connectivity index (χ2v) is 6.18. The molecule has 1 heterocycles. The maximum atomic E-state index is 10.8. The SMILES string of the molecule is O=C(O)CCN1CCCNCCNCCCN(CCC(=O)O)CC1. The molecule has 0 aromatic rings. The molecular weight excluding hydrogens is 312 g/mol. The highest BCUT2D eigenvalue weighted by Crippen LogP contribution is 2.00. The summed E-state index contributed by atoms with van der Waals surface area (Å²) in [6.07, 6.45) is 2.25. The first-order chi connectivity index (χ1) is 11.6. The van der Waals surface area contributed by atoms with E-state index in [0.29, 0.717) is 13.1 Å². The van der Waals surface area contributed by atoms with Crippen molar-refractivity contribution >= 4 is 11.9 Å². The molecule has 0 spiro atoms. The van der Waals surface area contributed by atoms with E-state index in [9.17, 15) is 9.59 Å². The molecule has 24 heavy (non-hydrogen) atoms. The Balaban J connectivity index is 2.52. The quantitative estimate of drug-likeness (QED) is 0.512. The summed E-state index contributed by atoms with van der Waals surface area (Å²) in [6.45, 7) is 8.08. The smallest absolute Gasteiger partial charge is 0.304 e. The number of hydrogen-bond donors (Lipinski definition) is 4. The zero-order valence-electron chi connectivity index (χ0n) is 14.5. The van der Waals surface area contributed by atoms with Gasteiger partial charge in [-0.1, -0.05) is 0 Å². The van der Waals surface area contributed by atoms with Gasteiger partial charge in [-0.15, -0.1) is 0 Å². The number of carboxylic acids is 2. The minimum atomic E-state index is -0.777. The van der Waals surface area contributed by atoms with Crippen LogP contribution in [0.3, 0.4) is 0 Å². The summed E-state index contributed by atoms with van der Waals surface area (Å²) in [6, 6.07) is 0. The van der Waals surface area contributed by atoms with Crippen LogP contribution in [0.1, 0.15) is 25.7 Å². The van der Waals surface area contributed by atoms with Crippen LogP contribution < -0.4 is 10.6 Å². The standard InChI is InChI=1S/C16H32N4O4/c21-15(22)3-11-19-9-1-5-17-7-8-18-6-2-10-20(14-13-19)12-4-16(23)24/h17-18H,1-14H2,(H,21,22)(H,23,24). The van der Waals surface area contributed by atoms with Crippen LogP contribution in [0.4, 0.5) is 0 Å². The molecule has 0 unspecified atom stereocenters. The molecule has 0 amide bonds. The third-order valence-electron chi connectivity index (χ3n) is 4.15. The van der Waals surface area contributed by atoms with Crippen molar-refractivity contribution in [2.75, 3.05) is 65.4 Å². The normalized spacial score (nSPS) is 20.3. The average molecular weight is 344 g/mol. The second kappa shape index (κ2) is 13.1. The Morgan fingerprint density at radius 3 is 1.50 bits per heavy atom. The van der Waals surface area contributed by atoms with Crippen LogP contribution in [0.15, 0.2) is 0 Å². The Labute approximate surface area is 144 Å². The summed E-state index contributed by atoms with van der Waals surface area (Å²) < 4.78 is 0. The summed E-state index contributed by atoms with van der Waals surface area (Å²) in [5.74, 6) is -1.55. The molecule has 0 aliphatic carbocycles. The zero-order chi connectivity index (χ0) is 17.6. The molecule has 0 aromatic heterocycles. The van der Waals surface area contributed by atoms with Gasteiger partial charge in [-0.3, -0.25) is 9.59 Å². The van der Waals surface area contributed by atoms with E-state index in [-0.39, 0.29) is 12.8 Å². The lowest BCUT2D eigenvalue weighted by Crippen LogP contribution is -2.40. The molecule has 1 aliphatic heterocycles. The van der Waals surface area contributed by atoms with Gasteiger partial charge in [0.05, 0.1) is 12.8 Å². The van der Waals surface area contributed by atoms with Gasteiger partial charge in [0.1, 0.15) is 0 Å². The molecule has 4 N–H and O–H groups in total. The summed E-state index contributed by atoms with van der Waals surface area (Å²) in [5.41, 5.74) is 0. The van der Waals surface area contributed by atoms with E-state index < -0.39 is 11.9 Å². The molecule has 0 radical (unpaired) electrons. The Kier molecular flexibility index (Phi) is 11.4. The first-order valence-corrected chi connectivity index (χ1v) is 8.87. The van der Waals surface area contributed by atoms with Crippen molar-refractivity contribution in [2.24, 2.45) is 0 Å². The van der Waals surface area contributed by atoms with Crippen LogP contribution in [0.25, 0.3) is 0 Å². The number of carbonyl (C=O) groups is 2. The first kappa shape index (κ1) is 20.8. The lowest BCUT2D eigenvalue weighted by Gasteiger charge is -2.27. The minimum Gasteiger partial charge on any atom is -0.481 e. The van der Waals surface area contributed by atoms with E-state index in [2.05, 4.69) is 20.4 Å². The second-order valence-electron chi connectivity index (χ2n) is 6.18. The van der Waals surface area contributed by atoms with Crippen molar-refractivity contribution in [3.8, 4) is 0 Å². The monoisotopic (exact) mass is 344 g/mol. The molecule has 1 rings (SSSR count). The molecule has 0 bridgehead atoms. The predicted molar refractivity (Wildman–Crippen MR) is 92.4 cm³/mol. The van der Waals surface area contributed by atoms with Crippen LogP contribution in [0.5, 0.6) is 0 Å². The molecule has 0 saturated carbocycles. The predicted octanol–water partition coefficient (Wildman–Crippen LogP) is -0.487. The number of aliphatic carboxylic acids is 2. The van der Waals surface area contributed by atoms with Gasteiger partial charge >= 0.3 is 11.9 Å². The van der Waals surface area contributed by atoms with E-state index in [4.69, 9.17) is 10.2 Å². The van der Waals surface area contributed by atoms with E-state index in [0.717, 1.165) is 65.2 Å². The highest BCUT2D eigenvalue weighted by molar-refractivity contribution is 5.67. The molecular formula is C16H32N4O4. The van der Waals surface area contributed by atoms with Gasteiger partial charge < -0.3 is 30.6 Å². The van der Waals surface area contributed by atoms with Crippen molar-refractivity contribution in [1.29, 1.82) is 0 Å². The largest absolute Gasteiger partial charge is 0.481 e. The van der Waals surface area contributed by atoms with Crippen LogP contribution >= 0.6 is 0 Å². The number of rotatable bonds is 6. The molecule has 8 nitrogen and oxygen atoms in total. The van der Waals surface area contributed by atoms with Crippen molar-refractivity contribution in [3.05, 3.63) is 0 Å². The summed E-state index contributed by atoms with van der Waals surface area (Å²) in [7, 11) is 0. The summed E-state index contributed by atoms with van der Waals surface area (Å²) in [5, 5.41) is 24.6. The molecule has 1 aliphatic rings. The lowest BCUT2D eigenvalue weighted by atomic mass is 10.2. The van der Waals surface area contributed by atoms with Crippen molar-refractivity contribution in [3.63, 3.8) is 0 Å². The fourth-order valence-electron chi connectivity index (χ4n) is 2.74. The number of nitrogens with one attached hydrogen (secondary N) is 2. The fourth-order valence-corrected chi connectivity index (χ4v) is 2.74. The maximum absolute atomic E-state index is 10.8. The topological polar surface area (TPSA) is 105 Å². The number of nitrogens with zero attached hydrogens (tertiary/aromatic N) is 2. The Bertz CT molecular complexity index is 334. The highest BCUT2D eigenvalue weighted by atomic mass is 16.4. The van der Waals surface area contributed by atoms with Crippen LogP contribution in [0, 0.1) is 0 Å². The Morgan fingerprint density at radius 1 is 0.708 bits per heavy atom. The van der Waals surface area contributed by atoms with Gasteiger partial charge in [-0.2, -0.15) is 0 Å². The molecule has 0 aromatic carbocycles. The highest BCUT2D eigenvalue weighted by Gasteiger charge is 2.12. The third kappa shape index (κ3) is 11.3. The van der Waals surface area contributed by atoms with Crippen molar-refractivity contribution < 1.29 is 19.8 Å². The summed E-state index contributed by atoms with van der Waals surface area (Å²) >= 11 is 0. The van der Waals surface area contributed by atoms with Gasteiger partial charge in [-0.05, 0) is 39.0 Å². The van der Waals surface area contributed by atoms with E-state index in [1.165, 1.54) is 0 Å². The summed E-state index contributed by atoms with van der Waals surface area (Å²) in [4.78, 5) is 26.0. The fraction of sp³-hybridized carbons (Fsp3) is 0.875. The van der Waals surface area contributed by atoms with Gasteiger partial charge in [0, 0.05) is 39.3 Å². The van der Waals surface area contributed by atoms with Crippen molar-refractivity contribution in [2.45, 2.75) is 25.7 Å². The van der Waals surface area contributed by atoms with Crippen molar-refractivity contribution in [1.82, 2.24) is 20.4 Å². The number of hydrogen-bond acceptors (Lipinski definition) is 6. The molecule has 1 fully saturated rings. The lowest BCUT2D eigenvalue weighted by molar-refractivity contribution is -0.138. The van der Waals surface area contributed by atoms with Crippen LogP contribution in [-0.2, 0) is 9.59 Å². The average Bonchev–Trinajstić information content (AvgIpc) is 2.54. The van der Waals surface area contributed by atoms with Crippen LogP contribution in [0.2, 0.25) is 0 Å². The molecule has 1 saturated heterocycles. The van der Waals surface area contributed by atoms with E-state index in [1.807, 2.05) is 0 Å². The van der Waals surface area contributed by atoms with Gasteiger partial charge in [-0.25, -0.2) is 0 Å². The van der Waals surface area contributed by atoms with E-state index in [1.54, 1.807) is 0 Å². The molecule has 0 atom stereocenters. The Morgan fingerprint density at radius 2 is 1.12 bits per heavy atom. The molecule has 8 heteroatoms.